The van der Waals surface area contributed by atoms with Crippen LogP contribution in [0.4, 0.5) is 0 Å². The Morgan fingerprint density at radius 2 is 2.18 bits per heavy atom. The molecule has 0 unspecified atom stereocenters. The molecule has 2 aliphatic rings. The highest BCUT2D eigenvalue weighted by atomic mass is 16.8. The molecule has 1 saturated heterocycles. The number of hydrogen-bond donors (Lipinski definition) is 0. The van der Waals surface area contributed by atoms with Gasteiger partial charge in [-0.2, -0.15) is 0 Å². The van der Waals surface area contributed by atoms with Gasteiger partial charge in [0.1, 0.15) is 0 Å². The van der Waals surface area contributed by atoms with E-state index in [-0.39, 0.29) is 0 Å². The molecule has 11 heavy (non-hydrogen) atoms. The topological polar surface area (TPSA) is 27.7 Å². The van der Waals surface area contributed by atoms with E-state index in [1.807, 2.05) is 0 Å². The zero-order valence-electron chi connectivity index (χ0n) is 6.41. The van der Waals surface area contributed by atoms with E-state index in [0.717, 1.165) is 18.6 Å². The lowest BCUT2D eigenvalue weighted by Gasteiger charge is -2.07. The summed E-state index contributed by atoms with van der Waals surface area (Å²) in [5.41, 5.74) is 0. The molecule has 1 heterocycles. The minimum absolute atomic E-state index is 0.431. The Labute approximate surface area is 66.5 Å². The van der Waals surface area contributed by atoms with Crippen molar-refractivity contribution in [2.45, 2.75) is 19.3 Å². The van der Waals surface area contributed by atoms with Gasteiger partial charge in [-0.1, -0.05) is 0 Å². The molecule has 1 aliphatic carbocycles. The molecule has 1 aliphatic heterocycles. The average Bonchev–Trinajstić information content (AvgIpc) is 2.60. The first-order valence-corrected chi connectivity index (χ1v) is 4.04. The Balaban J connectivity index is 1.79. The van der Waals surface area contributed by atoms with Crippen molar-refractivity contribution in [2.24, 2.45) is 0 Å². The van der Waals surface area contributed by atoms with Crippen LogP contribution in [0.5, 0.6) is 0 Å². The number of allylic oxidation sites excluding steroid dienone is 2. The quantitative estimate of drug-likeness (QED) is 0.557. The molecule has 0 saturated carbocycles. The van der Waals surface area contributed by atoms with Crippen LogP contribution in [-0.2, 0) is 14.0 Å². The molecular formula is C7H11BO3. The summed E-state index contributed by atoms with van der Waals surface area (Å²) in [5.74, 6) is 1.02. The first-order valence-electron chi connectivity index (χ1n) is 4.04. The molecule has 3 nitrogen and oxygen atoms in total. The summed E-state index contributed by atoms with van der Waals surface area (Å²) >= 11 is 0. The summed E-state index contributed by atoms with van der Waals surface area (Å²) in [7, 11) is -0.431. The summed E-state index contributed by atoms with van der Waals surface area (Å²) in [4.78, 5) is 0. The Morgan fingerprint density at radius 1 is 1.36 bits per heavy atom. The standard InChI is InChI=1S/C7H11BO3/c1-2-4-7(3-1)11-8-9-5-6-10-8/h3H,1-2,4-6H2. The second kappa shape index (κ2) is 3.28. The van der Waals surface area contributed by atoms with E-state index in [0.29, 0.717) is 13.2 Å². The van der Waals surface area contributed by atoms with Crippen LogP contribution in [0.2, 0.25) is 0 Å². The molecule has 0 atom stereocenters. The molecule has 4 heteroatoms. The van der Waals surface area contributed by atoms with Crippen molar-refractivity contribution in [3.8, 4) is 0 Å². The first kappa shape index (κ1) is 7.19. The van der Waals surface area contributed by atoms with Crippen molar-refractivity contribution in [1.29, 1.82) is 0 Å². The highest BCUT2D eigenvalue weighted by Crippen LogP contribution is 2.20. The SMILES string of the molecule is C1=C(OB2OCCO2)CCC1. The zero-order valence-corrected chi connectivity index (χ0v) is 6.41. The fourth-order valence-corrected chi connectivity index (χ4v) is 1.28. The van der Waals surface area contributed by atoms with Gasteiger partial charge >= 0.3 is 7.32 Å². The fourth-order valence-electron chi connectivity index (χ4n) is 1.28. The molecular weight excluding hydrogens is 143 g/mol. The van der Waals surface area contributed by atoms with Gasteiger partial charge in [0.2, 0.25) is 0 Å². The summed E-state index contributed by atoms with van der Waals surface area (Å²) in [6, 6.07) is 0. The molecule has 60 valence electrons. The van der Waals surface area contributed by atoms with Crippen LogP contribution < -0.4 is 0 Å². The second-order valence-corrected chi connectivity index (χ2v) is 2.71. The maximum atomic E-state index is 5.39. The minimum atomic E-state index is -0.431. The maximum absolute atomic E-state index is 5.39. The van der Waals surface area contributed by atoms with E-state index in [4.69, 9.17) is 14.0 Å². The summed E-state index contributed by atoms with van der Waals surface area (Å²) in [5, 5.41) is 0. The molecule has 0 radical (unpaired) electrons. The van der Waals surface area contributed by atoms with Gasteiger partial charge in [-0.15, -0.1) is 0 Å². The van der Waals surface area contributed by atoms with Crippen molar-refractivity contribution >= 4 is 7.32 Å². The van der Waals surface area contributed by atoms with Gasteiger partial charge in [-0.05, 0) is 18.9 Å². The van der Waals surface area contributed by atoms with Crippen LogP contribution in [0, 0.1) is 0 Å². The van der Waals surface area contributed by atoms with Crippen molar-refractivity contribution < 1.29 is 14.0 Å². The van der Waals surface area contributed by atoms with Crippen molar-refractivity contribution in [2.75, 3.05) is 13.2 Å². The maximum Gasteiger partial charge on any atom is 0.713 e. The van der Waals surface area contributed by atoms with Crippen LogP contribution in [-0.4, -0.2) is 20.5 Å². The van der Waals surface area contributed by atoms with Crippen molar-refractivity contribution in [3.05, 3.63) is 11.8 Å². The third kappa shape index (κ3) is 1.76. The molecule has 0 aromatic heterocycles. The lowest BCUT2D eigenvalue weighted by molar-refractivity contribution is 0.222. The third-order valence-corrected chi connectivity index (χ3v) is 1.84. The van der Waals surface area contributed by atoms with Gasteiger partial charge < -0.3 is 14.0 Å². The molecule has 0 aromatic rings. The Hall–Kier alpha value is -0.475. The molecule has 0 spiro atoms. The monoisotopic (exact) mass is 154 g/mol. The van der Waals surface area contributed by atoms with E-state index in [2.05, 4.69) is 6.08 Å². The lowest BCUT2D eigenvalue weighted by Crippen LogP contribution is -2.18. The van der Waals surface area contributed by atoms with Crippen LogP contribution in [0.15, 0.2) is 11.8 Å². The van der Waals surface area contributed by atoms with E-state index in [9.17, 15) is 0 Å². The van der Waals surface area contributed by atoms with Crippen molar-refractivity contribution in [1.82, 2.24) is 0 Å². The van der Waals surface area contributed by atoms with Crippen molar-refractivity contribution in [3.63, 3.8) is 0 Å². The number of rotatable bonds is 2. The molecule has 0 aromatic carbocycles. The van der Waals surface area contributed by atoms with Crippen LogP contribution in [0.1, 0.15) is 19.3 Å². The molecule has 0 bridgehead atoms. The van der Waals surface area contributed by atoms with Gasteiger partial charge in [0.15, 0.2) is 0 Å². The first-order chi connectivity index (χ1) is 5.45. The zero-order chi connectivity index (χ0) is 7.52. The van der Waals surface area contributed by atoms with Gasteiger partial charge in [-0.25, -0.2) is 0 Å². The highest BCUT2D eigenvalue weighted by Gasteiger charge is 2.30. The predicted octanol–water partition coefficient (Wildman–Crippen LogP) is 1.10. The molecule has 1 fully saturated rings. The normalized spacial score (nSPS) is 24.0. The highest BCUT2D eigenvalue weighted by molar-refractivity contribution is 6.37. The van der Waals surface area contributed by atoms with Crippen LogP contribution in [0.25, 0.3) is 0 Å². The molecule has 2 rings (SSSR count). The number of hydrogen-bond acceptors (Lipinski definition) is 3. The fraction of sp³-hybridized carbons (Fsp3) is 0.714. The van der Waals surface area contributed by atoms with Gasteiger partial charge in [0, 0.05) is 6.42 Å². The Morgan fingerprint density at radius 3 is 2.82 bits per heavy atom. The van der Waals surface area contributed by atoms with Crippen LogP contribution >= 0.6 is 0 Å². The van der Waals surface area contributed by atoms with E-state index < -0.39 is 7.32 Å². The average molecular weight is 154 g/mol. The minimum Gasteiger partial charge on any atom is -0.516 e. The molecule has 0 amide bonds. The summed E-state index contributed by atoms with van der Waals surface area (Å²) in [6.45, 7) is 1.30. The Bertz CT molecular complexity index is 163. The van der Waals surface area contributed by atoms with Gasteiger partial charge in [0.05, 0.1) is 19.0 Å². The summed E-state index contributed by atoms with van der Waals surface area (Å²) < 4.78 is 15.6. The van der Waals surface area contributed by atoms with E-state index in [1.165, 1.54) is 6.42 Å². The summed E-state index contributed by atoms with van der Waals surface area (Å²) in [6.07, 6.45) is 5.46. The largest absolute Gasteiger partial charge is 0.713 e. The van der Waals surface area contributed by atoms with E-state index >= 15 is 0 Å². The van der Waals surface area contributed by atoms with Crippen LogP contribution in [0.3, 0.4) is 0 Å². The third-order valence-electron chi connectivity index (χ3n) is 1.84. The van der Waals surface area contributed by atoms with E-state index in [1.54, 1.807) is 0 Å². The second-order valence-electron chi connectivity index (χ2n) is 2.71. The molecule has 0 N–H and O–H groups in total. The van der Waals surface area contributed by atoms with Gasteiger partial charge in [0.25, 0.3) is 0 Å². The lowest BCUT2D eigenvalue weighted by atomic mass is 10.2. The van der Waals surface area contributed by atoms with Gasteiger partial charge in [-0.3, -0.25) is 0 Å². The smallest absolute Gasteiger partial charge is 0.516 e. The predicted molar refractivity (Wildman–Crippen MR) is 40.7 cm³/mol. The Kier molecular flexibility index (Phi) is 2.14.